The van der Waals surface area contributed by atoms with Gasteiger partial charge in [0, 0.05) is 6.04 Å². The van der Waals surface area contributed by atoms with Gasteiger partial charge in [-0.25, -0.2) is 0 Å². The summed E-state index contributed by atoms with van der Waals surface area (Å²) in [6.45, 7) is 12.2. The van der Waals surface area contributed by atoms with E-state index in [1.54, 1.807) is 0 Å². The highest BCUT2D eigenvalue weighted by Crippen LogP contribution is 2.33. The Morgan fingerprint density at radius 3 is 2.38 bits per heavy atom. The maximum Gasteiger partial charge on any atom is 0.120 e. The van der Waals surface area contributed by atoms with Crippen molar-refractivity contribution in [3.63, 3.8) is 0 Å². The quantitative estimate of drug-likeness (QED) is 0.862. The van der Waals surface area contributed by atoms with E-state index in [2.05, 4.69) is 58.1 Å². The van der Waals surface area contributed by atoms with Crippen LogP contribution in [0.25, 0.3) is 0 Å². The summed E-state index contributed by atoms with van der Waals surface area (Å²) in [6, 6.07) is 7.02. The summed E-state index contributed by atoms with van der Waals surface area (Å²) in [7, 11) is 0. The number of benzene rings is 1. The Balaban J connectivity index is 2.11. The Morgan fingerprint density at radius 1 is 1.14 bits per heavy atom. The molecule has 0 radical (unpaired) electrons. The van der Waals surface area contributed by atoms with Crippen LogP contribution in [0.2, 0.25) is 0 Å². The van der Waals surface area contributed by atoms with Crippen LogP contribution in [0, 0.1) is 25.7 Å². The third-order valence-electron chi connectivity index (χ3n) is 4.72. The van der Waals surface area contributed by atoms with Crippen molar-refractivity contribution < 1.29 is 4.74 Å². The van der Waals surface area contributed by atoms with Crippen molar-refractivity contribution >= 4 is 0 Å². The van der Waals surface area contributed by atoms with Gasteiger partial charge in [0.05, 0.1) is 0 Å². The average Bonchev–Trinajstić information content (AvgIpc) is 2.39. The Hall–Kier alpha value is -1.02. The Morgan fingerprint density at radius 2 is 1.81 bits per heavy atom. The second-order valence-corrected chi connectivity index (χ2v) is 6.96. The molecule has 2 rings (SSSR count). The summed E-state index contributed by atoms with van der Waals surface area (Å²) in [5, 5.41) is 3.62. The molecule has 118 valence electrons. The molecule has 1 aromatic rings. The van der Waals surface area contributed by atoms with Crippen molar-refractivity contribution in [1.29, 1.82) is 0 Å². The first-order chi connectivity index (χ1) is 9.99. The molecule has 0 heterocycles. The van der Waals surface area contributed by atoms with Crippen molar-refractivity contribution in [2.24, 2.45) is 11.8 Å². The lowest BCUT2D eigenvalue weighted by molar-refractivity contribution is 0.0725. The van der Waals surface area contributed by atoms with Gasteiger partial charge in [-0.15, -0.1) is 0 Å². The zero-order valence-corrected chi connectivity index (χ0v) is 14.3. The number of ether oxygens (including phenoxy) is 1. The normalized spacial score (nSPS) is 26.1. The highest BCUT2D eigenvalue weighted by molar-refractivity contribution is 5.33. The summed E-state index contributed by atoms with van der Waals surface area (Å²) < 4.78 is 6.40. The van der Waals surface area contributed by atoms with Gasteiger partial charge in [-0.1, -0.05) is 26.8 Å². The second kappa shape index (κ2) is 7.31. The van der Waals surface area contributed by atoms with E-state index >= 15 is 0 Å². The summed E-state index contributed by atoms with van der Waals surface area (Å²) in [5.41, 5.74) is 2.56. The van der Waals surface area contributed by atoms with E-state index in [9.17, 15) is 0 Å². The van der Waals surface area contributed by atoms with Crippen LogP contribution in [0.3, 0.4) is 0 Å². The third-order valence-corrected chi connectivity index (χ3v) is 4.72. The van der Waals surface area contributed by atoms with Crippen LogP contribution in [-0.4, -0.2) is 18.7 Å². The topological polar surface area (TPSA) is 21.3 Å². The van der Waals surface area contributed by atoms with E-state index in [1.807, 2.05) is 0 Å². The smallest absolute Gasteiger partial charge is 0.120 e. The number of likely N-dealkylation sites (N-methyl/N-ethyl adjacent to an activating group) is 1. The van der Waals surface area contributed by atoms with Gasteiger partial charge >= 0.3 is 0 Å². The Kier molecular flexibility index (Phi) is 5.69. The average molecular weight is 289 g/mol. The Bertz CT molecular complexity index is 435. The first kappa shape index (κ1) is 16.4. The van der Waals surface area contributed by atoms with E-state index < -0.39 is 0 Å². The molecule has 3 unspecified atom stereocenters. The molecular formula is C19H31NO. The summed E-state index contributed by atoms with van der Waals surface area (Å²) >= 11 is 0. The minimum atomic E-state index is 0.298. The molecule has 2 heteroatoms. The standard InChI is InChI=1S/C19H31NO/c1-6-20-18-8-7-16(13(2)3)12-19(18)21-17-10-14(4)9-15(5)11-17/h9-11,13,16,18-20H,6-8,12H2,1-5H3. The van der Waals surface area contributed by atoms with E-state index in [1.165, 1.54) is 30.4 Å². The van der Waals surface area contributed by atoms with Gasteiger partial charge in [0.2, 0.25) is 0 Å². The summed E-state index contributed by atoms with van der Waals surface area (Å²) in [5.74, 6) is 2.57. The van der Waals surface area contributed by atoms with Crippen molar-refractivity contribution in [3.05, 3.63) is 29.3 Å². The molecule has 1 aromatic carbocycles. The molecule has 0 aromatic heterocycles. The molecule has 1 N–H and O–H groups in total. The predicted molar refractivity (Wildman–Crippen MR) is 90.0 cm³/mol. The second-order valence-electron chi connectivity index (χ2n) is 6.96. The number of hydrogen-bond donors (Lipinski definition) is 1. The molecule has 21 heavy (non-hydrogen) atoms. The fourth-order valence-corrected chi connectivity index (χ4v) is 3.57. The lowest BCUT2D eigenvalue weighted by atomic mass is 9.78. The van der Waals surface area contributed by atoms with Gasteiger partial charge in [-0.2, -0.15) is 0 Å². The largest absolute Gasteiger partial charge is 0.489 e. The van der Waals surface area contributed by atoms with Gasteiger partial charge in [0.1, 0.15) is 11.9 Å². The molecule has 0 amide bonds. The number of nitrogens with one attached hydrogen (secondary N) is 1. The van der Waals surface area contributed by atoms with Crippen LogP contribution in [0.5, 0.6) is 5.75 Å². The lowest BCUT2D eigenvalue weighted by Crippen LogP contribution is -2.47. The van der Waals surface area contributed by atoms with Gasteiger partial charge in [-0.3, -0.25) is 0 Å². The van der Waals surface area contributed by atoms with Gasteiger partial charge < -0.3 is 10.1 Å². The fourth-order valence-electron chi connectivity index (χ4n) is 3.57. The number of rotatable bonds is 5. The van der Waals surface area contributed by atoms with Gasteiger partial charge in [-0.05, 0) is 74.8 Å². The molecule has 0 saturated heterocycles. The number of aryl methyl sites for hydroxylation is 2. The highest BCUT2D eigenvalue weighted by atomic mass is 16.5. The van der Waals surface area contributed by atoms with Gasteiger partial charge in [0.15, 0.2) is 0 Å². The van der Waals surface area contributed by atoms with Crippen molar-refractivity contribution in [3.8, 4) is 5.75 Å². The van der Waals surface area contributed by atoms with Crippen molar-refractivity contribution in [2.45, 2.75) is 66.0 Å². The fraction of sp³-hybridized carbons (Fsp3) is 0.684. The van der Waals surface area contributed by atoms with Crippen molar-refractivity contribution in [1.82, 2.24) is 5.32 Å². The molecule has 2 nitrogen and oxygen atoms in total. The van der Waals surface area contributed by atoms with E-state index in [-0.39, 0.29) is 0 Å². The van der Waals surface area contributed by atoms with E-state index in [0.29, 0.717) is 12.1 Å². The van der Waals surface area contributed by atoms with Crippen molar-refractivity contribution in [2.75, 3.05) is 6.54 Å². The molecule has 1 aliphatic carbocycles. The molecule has 0 aliphatic heterocycles. The third kappa shape index (κ3) is 4.47. The maximum absolute atomic E-state index is 6.40. The molecule has 0 spiro atoms. The molecule has 1 saturated carbocycles. The molecule has 3 atom stereocenters. The summed E-state index contributed by atoms with van der Waals surface area (Å²) in [6.07, 6.45) is 4.02. The first-order valence-corrected chi connectivity index (χ1v) is 8.48. The lowest BCUT2D eigenvalue weighted by Gasteiger charge is -2.38. The minimum Gasteiger partial charge on any atom is -0.489 e. The first-order valence-electron chi connectivity index (χ1n) is 8.48. The zero-order chi connectivity index (χ0) is 15.4. The van der Waals surface area contributed by atoms with Crippen LogP contribution in [-0.2, 0) is 0 Å². The van der Waals surface area contributed by atoms with Crippen LogP contribution < -0.4 is 10.1 Å². The molecule has 0 bridgehead atoms. The molecular weight excluding hydrogens is 258 g/mol. The van der Waals surface area contributed by atoms with Crippen LogP contribution in [0.4, 0.5) is 0 Å². The van der Waals surface area contributed by atoms with Crippen LogP contribution in [0.1, 0.15) is 51.2 Å². The summed E-state index contributed by atoms with van der Waals surface area (Å²) in [4.78, 5) is 0. The monoisotopic (exact) mass is 289 g/mol. The van der Waals surface area contributed by atoms with E-state index in [0.717, 1.165) is 24.1 Å². The number of hydrogen-bond acceptors (Lipinski definition) is 2. The van der Waals surface area contributed by atoms with E-state index in [4.69, 9.17) is 4.74 Å². The molecule has 1 fully saturated rings. The SMILES string of the molecule is CCNC1CCC(C(C)C)CC1Oc1cc(C)cc(C)c1. The zero-order valence-electron chi connectivity index (χ0n) is 14.3. The maximum atomic E-state index is 6.40. The molecule has 1 aliphatic rings. The predicted octanol–water partition coefficient (Wildman–Crippen LogP) is 4.49. The Labute approximate surface area is 130 Å². The van der Waals surface area contributed by atoms with Gasteiger partial charge in [0.25, 0.3) is 0 Å². The van der Waals surface area contributed by atoms with Crippen LogP contribution >= 0.6 is 0 Å². The minimum absolute atomic E-state index is 0.298. The highest BCUT2D eigenvalue weighted by Gasteiger charge is 2.32. The van der Waals surface area contributed by atoms with Crippen LogP contribution in [0.15, 0.2) is 18.2 Å².